The number of hydrogen-bond donors (Lipinski definition) is 0. The number of carbonyl (C=O) groups is 1. The molecular weight excluding hydrogens is 386 g/mol. The van der Waals surface area contributed by atoms with E-state index in [1.807, 2.05) is 35.6 Å². The Morgan fingerprint density at radius 2 is 2.04 bits per heavy atom. The fourth-order valence-electron chi connectivity index (χ4n) is 3.83. The highest BCUT2D eigenvalue weighted by molar-refractivity contribution is 9.10. The number of nitrogens with zero attached hydrogens (tertiary/aromatic N) is 3. The number of aromatic nitrogens is 2. The highest BCUT2D eigenvalue weighted by Crippen LogP contribution is 2.32. The normalized spacial score (nSPS) is 26.9. The second-order valence-electron chi connectivity index (χ2n) is 7.02. The van der Waals surface area contributed by atoms with Gasteiger partial charge in [-0.05, 0) is 54.6 Å². The summed E-state index contributed by atoms with van der Waals surface area (Å²) in [6.45, 7) is 2.65. The third kappa shape index (κ3) is 3.21. The lowest BCUT2D eigenvalue weighted by molar-refractivity contribution is 0.0985. The molecule has 2 heterocycles. The van der Waals surface area contributed by atoms with Crippen LogP contribution in [0, 0.1) is 0 Å². The Balaban J connectivity index is 1.40. The van der Waals surface area contributed by atoms with E-state index in [0.29, 0.717) is 6.54 Å². The first-order chi connectivity index (χ1) is 12.0. The van der Waals surface area contributed by atoms with Gasteiger partial charge in [0.25, 0.3) is 0 Å². The fourth-order valence-corrected chi connectivity index (χ4v) is 4.36. The number of fused-ring (bicyclic) bond motifs is 1. The molecule has 1 aromatic carbocycles. The van der Waals surface area contributed by atoms with Crippen LogP contribution in [0.15, 0.2) is 22.9 Å². The lowest BCUT2D eigenvalue weighted by Crippen LogP contribution is -2.40. The molecule has 0 unspecified atom stereocenters. The topological polar surface area (TPSA) is 56.6 Å². The average Bonchev–Trinajstić information content (AvgIpc) is 3.11. The largest absolute Gasteiger partial charge is 0.490 e. The predicted molar refractivity (Wildman–Crippen MR) is 97.7 cm³/mol. The van der Waals surface area contributed by atoms with Gasteiger partial charge >= 0.3 is 6.09 Å². The summed E-state index contributed by atoms with van der Waals surface area (Å²) in [4.78, 5) is 18.2. The summed E-state index contributed by atoms with van der Waals surface area (Å²) in [6, 6.07) is 4.31. The SMILES string of the molecule is C[C@@H]1CN([C@H]2CC[C@@H](Oc3cc(Br)c4ncn(C)c4c3)CC2)C(=O)O1. The molecule has 1 aromatic heterocycles. The van der Waals surface area contributed by atoms with E-state index < -0.39 is 0 Å². The van der Waals surface area contributed by atoms with Crippen molar-refractivity contribution in [3.63, 3.8) is 0 Å². The summed E-state index contributed by atoms with van der Waals surface area (Å²) >= 11 is 3.58. The van der Waals surface area contributed by atoms with E-state index in [4.69, 9.17) is 9.47 Å². The summed E-state index contributed by atoms with van der Waals surface area (Å²) in [5.41, 5.74) is 1.99. The average molecular weight is 408 g/mol. The van der Waals surface area contributed by atoms with Crippen molar-refractivity contribution in [2.45, 2.75) is 50.9 Å². The van der Waals surface area contributed by atoms with Crippen molar-refractivity contribution in [3.05, 3.63) is 22.9 Å². The number of imidazole rings is 1. The first-order valence-corrected chi connectivity index (χ1v) is 9.55. The molecule has 1 aliphatic carbocycles. The summed E-state index contributed by atoms with van der Waals surface area (Å²) in [7, 11) is 1.98. The zero-order valence-corrected chi connectivity index (χ0v) is 16.0. The lowest BCUT2D eigenvalue weighted by atomic mass is 9.92. The molecule has 1 atom stereocenters. The number of benzene rings is 1. The van der Waals surface area contributed by atoms with Gasteiger partial charge in [0.15, 0.2) is 0 Å². The molecule has 0 bridgehead atoms. The Kier molecular flexibility index (Phi) is 4.35. The highest BCUT2D eigenvalue weighted by Gasteiger charge is 2.36. The van der Waals surface area contributed by atoms with E-state index in [2.05, 4.69) is 20.9 Å². The molecule has 134 valence electrons. The number of ether oxygens (including phenoxy) is 2. The molecule has 7 heteroatoms. The van der Waals surface area contributed by atoms with Crippen LogP contribution in [-0.4, -0.2) is 45.3 Å². The molecule has 1 aliphatic heterocycles. The molecule has 25 heavy (non-hydrogen) atoms. The summed E-state index contributed by atoms with van der Waals surface area (Å²) in [6.07, 6.45) is 5.65. The van der Waals surface area contributed by atoms with Crippen molar-refractivity contribution in [1.82, 2.24) is 14.5 Å². The highest BCUT2D eigenvalue weighted by atomic mass is 79.9. The molecular formula is C18H22BrN3O3. The molecule has 1 amide bonds. The Labute approximate surface area is 155 Å². The van der Waals surface area contributed by atoms with Crippen LogP contribution >= 0.6 is 15.9 Å². The Morgan fingerprint density at radius 1 is 1.28 bits per heavy atom. The van der Waals surface area contributed by atoms with Crippen LogP contribution in [0.5, 0.6) is 5.75 Å². The van der Waals surface area contributed by atoms with Crippen LogP contribution in [-0.2, 0) is 11.8 Å². The van der Waals surface area contributed by atoms with E-state index in [9.17, 15) is 4.79 Å². The second kappa shape index (κ2) is 6.52. The van der Waals surface area contributed by atoms with Crippen molar-refractivity contribution in [2.75, 3.05) is 6.54 Å². The minimum absolute atomic E-state index is 0.00412. The van der Waals surface area contributed by atoms with E-state index in [0.717, 1.165) is 46.9 Å². The van der Waals surface area contributed by atoms with Gasteiger partial charge in [0, 0.05) is 23.6 Å². The van der Waals surface area contributed by atoms with E-state index in [1.165, 1.54) is 0 Å². The summed E-state index contributed by atoms with van der Waals surface area (Å²) < 4.78 is 14.4. The molecule has 0 radical (unpaired) electrons. The number of aryl methyl sites for hydroxylation is 1. The number of halogens is 1. The van der Waals surface area contributed by atoms with Gasteiger partial charge in [0.2, 0.25) is 0 Å². The quantitative estimate of drug-likeness (QED) is 0.774. The van der Waals surface area contributed by atoms with Crippen LogP contribution < -0.4 is 4.74 Å². The first-order valence-electron chi connectivity index (χ1n) is 8.75. The maximum Gasteiger partial charge on any atom is 0.410 e. The Morgan fingerprint density at radius 3 is 2.72 bits per heavy atom. The standard InChI is InChI=1S/C18H22BrN3O3/c1-11-9-22(18(23)24-11)12-3-5-13(6-4-12)25-14-7-15(19)17-16(8-14)21(2)10-20-17/h7-8,10-13H,3-6,9H2,1-2H3/t11-,12-,13+/m1/s1. The number of rotatable bonds is 3. The van der Waals surface area contributed by atoms with Crippen molar-refractivity contribution in [2.24, 2.45) is 7.05 Å². The van der Waals surface area contributed by atoms with Gasteiger partial charge in [0.05, 0.1) is 24.5 Å². The number of hydrogen-bond acceptors (Lipinski definition) is 4. The smallest absolute Gasteiger partial charge is 0.410 e. The molecule has 2 aromatic rings. The zero-order chi connectivity index (χ0) is 17.6. The Hall–Kier alpha value is -1.76. The third-order valence-corrected chi connectivity index (χ3v) is 5.74. The van der Waals surface area contributed by atoms with Gasteiger partial charge in [-0.15, -0.1) is 0 Å². The minimum Gasteiger partial charge on any atom is -0.490 e. The maximum atomic E-state index is 11.9. The number of carbonyl (C=O) groups excluding carboxylic acids is 1. The molecule has 2 aliphatic rings. The zero-order valence-electron chi connectivity index (χ0n) is 14.4. The van der Waals surface area contributed by atoms with E-state index >= 15 is 0 Å². The van der Waals surface area contributed by atoms with Crippen LogP contribution in [0.25, 0.3) is 11.0 Å². The Bertz CT molecular complexity index is 798. The first kappa shape index (κ1) is 16.7. The van der Waals surface area contributed by atoms with Crippen LogP contribution in [0.4, 0.5) is 4.79 Å². The van der Waals surface area contributed by atoms with Gasteiger partial charge in [-0.25, -0.2) is 9.78 Å². The molecule has 1 saturated heterocycles. The van der Waals surface area contributed by atoms with Crippen molar-refractivity contribution in [1.29, 1.82) is 0 Å². The minimum atomic E-state index is -0.164. The van der Waals surface area contributed by atoms with E-state index in [-0.39, 0.29) is 24.3 Å². The molecule has 1 saturated carbocycles. The molecule has 2 fully saturated rings. The van der Waals surface area contributed by atoms with Crippen LogP contribution in [0.3, 0.4) is 0 Å². The maximum absolute atomic E-state index is 11.9. The van der Waals surface area contributed by atoms with Crippen molar-refractivity contribution < 1.29 is 14.3 Å². The summed E-state index contributed by atoms with van der Waals surface area (Å²) in [5.74, 6) is 0.862. The van der Waals surface area contributed by atoms with Crippen LogP contribution in [0.2, 0.25) is 0 Å². The monoisotopic (exact) mass is 407 g/mol. The van der Waals surface area contributed by atoms with E-state index in [1.54, 1.807) is 6.33 Å². The van der Waals surface area contributed by atoms with Gasteiger partial charge in [-0.2, -0.15) is 0 Å². The number of amides is 1. The lowest BCUT2D eigenvalue weighted by Gasteiger charge is -2.33. The van der Waals surface area contributed by atoms with Gasteiger partial charge < -0.3 is 18.9 Å². The van der Waals surface area contributed by atoms with Gasteiger partial charge in [0.1, 0.15) is 17.4 Å². The van der Waals surface area contributed by atoms with Crippen molar-refractivity contribution >= 4 is 33.1 Å². The third-order valence-electron chi connectivity index (χ3n) is 5.13. The van der Waals surface area contributed by atoms with Gasteiger partial charge in [-0.1, -0.05) is 0 Å². The van der Waals surface area contributed by atoms with Crippen molar-refractivity contribution in [3.8, 4) is 5.75 Å². The molecule has 0 N–H and O–H groups in total. The fraction of sp³-hybridized carbons (Fsp3) is 0.556. The summed E-state index contributed by atoms with van der Waals surface area (Å²) in [5, 5.41) is 0. The number of cyclic esters (lactones) is 1. The predicted octanol–water partition coefficient (Wildman–Crippen LogP) is 3.87. The van der Waals surface area contributed by atoms with Crippen LogP contribution in [0.1, 0.15) is 32.6 Å². The molecule has 6 nitrogen and oxygen atoms in total. The molecule has 4 rings (SSSR count). The van der Waals surface area contributed by atoms with Gasteiger partial charge in [-0.3, -0.25) is 0 Å². The second-order valence-corrected chi connectivity index (χ2v) is 7.88. The molecule has 0 spiro atoms.